The van der Waals surface area contributed by atoms with Gasteiger partial charge in [-0.15, -0.1) is 0 Å². The van der Waals surface area contributed by atoms with Gasteiger partial charge >= 0.3 is 0 Å². The molecule has 98 valence electrons. The minimum absolute atomic E-state index is 0.134. The highest BCUT2D eigenvalue weighted by Crippen LogP contribution is 2.24. The van der Waals surface area contributed by atoms with Crippen molar-refractivity contribution in [3.8, 4) is 0 Å². The van der Waals surface area contributed by atoms with E-state index in [0.717, 1.165) is 11.1 Å². The summed E-state index contributed by atoms with van der Waals surface area (Å²) in [5.74, 6) is -0.386. The van der Waals surface area contributed by atoms with Gasteiger partial charge in [0.15, 0.2) is 0 Å². The Morgan fingerprint density at radius 3 is 2.60 bits per heavy atom. The van der Waals surface area contributed by atoms with Crippen LogP contribution in [0.2, 0.25) is 0 Å². The summed E-state index contributed by atoms with van der Waals surface area (Å²) in [6.07, 6.45) is 3.15. The maximum atomic E-state index is 12.3. The summed E-state index contributed by atoms with van der Waals surface area (Å²) in [6.45, 7) is 1.98. The molecule has 0 saturated carbocycles. The highest BCUT2D eigenvalue weighted by molar-refractivity contribution is 6.35. The smallest absolute Gasteiger partial charge is 0.260 e. The van der Waals surface area contributed by atoms with Gasteiger partial charge in [0.05, 0.1) is 11.1 Å². The largest absolute Gasteiger partial charge is 0.306 e. The molecule has 2 aromatic rings. The van der Waals surface area contributed by atoms with Gasteiger partial charge in [-0.1, -0.05) is 29.8 Å². The van der Waals surface area contributed by atoms with Crippen molar-refractivity contribution in [3.63, 3.8) is 0 Å². The molecule has 0 spiro atoms. The van der Waals surface area contributed by atoms with Crippen LogP contribution in [0.25, 0.3) is 6.08 Å². The molecular formula is C16H12N2O2. The second-order valence-corrected chi connectivity index (χ2v) is 4.65. The lowest BCUT2D eigenvalue weighted by molar-refractivity contribution is -0.112. The van der Waals surface area contributed by atoms with Crippen LogP contribution in [0.4, 0.5) is 5.82 Å². The molecule has 0 aliphatic carbocycles. The van der Waals surface area contributed by atoms with Crippen LogP contribution in [0, 0.1) is 6.92 Å². The molecule has 0 fully saturated rings. The molecular weight excluding hydrogens is 252 g/mol. The summed E-state index contributed by atoms with van der Waals surface area (Å²) < 4.78 is 0. The van der Waals surface area contributed by atoms with E-state index in [-0.39, 0.29) is 11.4 Å². The molecule has 3 rings (SSSR count). The van der Waals surface area contributed by atoms with E-state index in [0.29, 0.717) is 11.4 Å². The van der Waals surface area contributed by atoms with Crippen molar-refractivity contribution in [1.82, 2.24) is 4.98 Å². The number of ketones is 1. The first kappa shape index (κ1) is 12.3. The minimum Gasteiger partial charge on any atom is -0.306 e. The van der Waals surface area contributed by atoms with Crippen LogP contribution >= 0.6 is 0 Å². The number of hydrogen-bond acceptors (Lipinski definition) is 3. The summed E-state index contributed by atoms with van der Waals surface area (Å²) in [4.78, 5) is 28.3. The number of pyridine rings is 1. The monoisotopic (exact) mass is 264 g/mol. The predicted molar refractivity (Wildman–Crippen MR) is 76.4 cm³/mol. The van der Waals surface area contributed by atoms with Crippen LogP contribution in [0.15, 0.2) is 48.2 Å². The number of Topliss-reactive ketones (excluding diaryl/α,β-unsaturated/α-hetero) is 1. The van der Waals surface area contributed by atoms with Crippen LogP contribution in [-0.4, -0.2) is 16.7 Å². The van der Waals surface area contributed by atoms with Gasteiger partial charge in [0.1, 0.15) is 5.82 Å². The van der Waals surface area contributed by atoms with E-state index < -0.39 is 5.91 Å². The molecule has 0 bridgehead atoms. The van der Waals surface area contributed by atoms with Gasteiger partial charge < -0.3 is 5.32 Å². The third-order valence-corrected chi connectivity index (χ3v) is 3.16. The lowest BCUT2D eigenvalue weighted by Crippen LogP contribution is -2.28. The lowest BCUT2D eigenvalue weighted by atomic mass is 9.97. The van der Waals surface area contributed by atoms with E-state index in [1.165, 1.54) is 0 Å². The average molecular weight is 264 g/mol. The van der Waals surface area contributed by atoms with Crippen LogP contribution < -0.4 is 5.32 Å². The summed E-state index contributed by atoms with van der Waals surface area (Å²) >= 11 is 0. The van der Waals surface area contributed by atoms with E-state index >= 15 is 0 Å². The molecule has 4 nitrogen and oxygen atoms in total. The SMILES string of the molecule is Cc1ccc(/C=C2\C(=O)Nc3ncccc3C2=O)cc1. The molecule has 1 aromatic carbocycles. The summed E-state index contributed by atoms with van der Waals surface area (Å²) in [7, 11) is 0. The number of amides is 1. The van der Waals surface area contributed by atoms with E-state index in [1.807, 2.05) is 31.2 Å². The molecule has 20 heavy (non-hydrogen) atoms. The van der Waals surface area contributed by atoms with Gasteiger partial charge in [-0.2, -0.15) is 0 Å². The first-order chi connectivity index (χ1) is 9.65. The zero-order chi connectivity index (χ0) is 14.1. The molecule has 0 atom stereocenters. The number of aromatic nitrogens is 1. The zero-order valence-corrected chi connectivity index (χ0v) is 10.9. The number of nitrogens with zero attached hydrogens (tertiary/aromatic N) is 1. The molecule has 4 heteroatoms. The maximum absolute atomic E-state index is 12.3. The van der Waals surface area contributed by atoms with Gasteiger partial charge in [-0.05, 0) is 30.7 Å². The Morgan fingerprint density at radius 1 is 1.10 bits per heavy atom. The highest BCUT2D eigenvalue weighted by atomic mass is 16.2. The van der Waals surface area contributed by atoms with Crippen molar-refractivity contribution < 1.29 is 9.59 Å². The van der Waals surface area contributed by atoms with Crippen molar-refractivity contribution >= 4 is 23.6 Å². The molecule has 0 saturated heterocycles. The minimum atomic E-state index is -0.415. The number of carbonyl (C=O) groups excluding carboxylic acids is 2. The summed E-state index contributed by atoms with van der Waals surface area (Å²) in [5, 5.41) is 2.63. The van der Waals surface area contributed by atoms with Gasteiger partial charge in [-0.25, -0.2) is 4.98 Å². The fraction of sp³-hybridized carbons (Fsp3) is 0.0625. The Morgan fingerprint density at radius 2 is 1.85 bits per heavy atom. The zero-order valence-electron chi connectivity index (χ0n) is 10.9. The maximum Gasteiger partial charge on any atom is 0.260 e. The van der Waals surface area contributed by atoms with E-state index in [9.17, 15) is 9.59 Å². The molecule has 0 unspecified atom stereocenters. The Bertz CT molecular complexity index is 730. The number of benzene rings is 1. The first-order valence-electron chi connectivity index (χ1n) is 6.24. The highest BCUT2D eigenvalue weighted by Gasteiger charge is 2.28. The van der Waals surface area contributed by atoms with Crippen molar-refractivity contribution in [2.75, 3.05) is 5.32 Å². The third kappa shape index (κ3) is 2.12. The van der Waals surface area contributed by atoms with Crippen molar-refractivity contribution in [2.45, 2.75) is 6.92 Å². The Labute approximate surface area is 116 Å². The number of hydrogen-bond donors (Lipinski definition) is 1. The molecule has 0 radical (unpaired) electrons. The van der Waals surface area contributed by atoms with Crippen LogP contribution in [0.5, 0.6) is 0 Å². The van der Waals surface area contributed by atoms with Gasteiger partial charge in [0.25, 0.3) is 5.91 Å². The summed E-state index contributed by atoms with van der Waals surface area (Å²) in [5.41, 5.74) is 2.50. The second-order valence-electron chi connectivity index (χ2n) is 4.65. The molecule has 1 aliphatic rings. The van der Waals surface area contributed by atoms with Gasteiger partial charge in [-0.3, -0.25) is 9.59 Å². The average Bonchev–Trinajstić information content (AvgIpc) is 2.45. The third-order valence-electron chi connectivity index (χ3n) is 3.16. The fourth-order valence-corrected chi connectivity index (χ4v) is 2.07. The van der Waals surface area contributed by atoms with Gasteiger partial charge in [0.2, 0.25) is 5.78 Å². The fourth-order valence-electron chi connectivity index (χ4n) is 2.07. The molecule has 1 aromatic heterocycles. The normalized spacial score (nSPS) is 15.9. The van der Waals surface area contributed by atoms with Crippen molar-refractivity contribution in [1.29, 1.82) is 0 Å². The van der Waals surface area contributed by atoms with Crippen LogP contribution in [0.3, 0.4) is 0 Å². The van der Waals surface area contributed by atoms with Crippen LogP contribution in [-0.2, 0) is 4.79 Å². The van der Waals surface area contributed by atoms with E-state index in [4.69, 9.17) is 0 Å². The Balaban J connectivity index is 2.04. The van der Waals surface area contributed by atoms with Crippen LogP contribution in [0.1, 0.15) is 21.5 Å². The van der Waals surface area contributed by atoms with Crippen molar-refractivity contribution in [2.24, 2.45) is 0 Å². The first-order valence-corrected chi connectivity index (χ1v) is 6.24. The number of rotatable bonds is 1. The Kier molecular flexibility index (Phi) is 2.91. The number of nitrogens with one attached hydrogen (secondary N) is 1. The number of anilines is 1. The number of aryl methyl sites for hydroxylation is 1. The standard InChI is InChI=1S/C16H12N2O2/c1-10-4-6-11(7-5-10)9-13-14(19)12-3-2-8-17-15(12)18-16(13)20/h2-9H,1H3,(H,17,18,20)/b13-9-. The molecule has 1 amide bonds. The van der Waals surface area contributed by atoms with E-state index in [1.54, 1.807) is 24.4 Å². The lowest BCUT2D eigenvalue weighted by Gasteiger charge is -2.16. The Hall–Kier alpha value is -2.75. The topological polar surface area (TPSA) is 59.1 Å². The molecule has 1 N–H and O–H groups in total. The molecule has 1 aliphatic heterocycles. The quantitative estimate of drug-likeness (QED) is 0.636. The second kappa shape index (κ2) is 4.74. The van der Waals surface area contributed by atoms with Gasteiger partial charge in [0, 0.05) is 6.20 Å². The van der Waals surface area contributed by atoms with E-state index in [2.05, 4.69) is 10.3 Å². The predicted octanol–water partition coefficient (Wildman–Crippen LogP) is 2.61. The molecule has 2 heterocycles. The number of fused-ring (bicyclic) bond motifs is 1. The number of carbonyl (C=O) groups is 2. The summed E-state index contributed by atoms with van der Waals surface area (Å²) in [6, 6.07) is 11.0. The van der Waals surface area contributed by atoms with Crippen molar-refractivity contribution in [3.05, 3.63) is 64.9 Å².